The van der Waals surface area contributed by atoms with Gasteiger partial charge in [-0.05, 0) is 48.0 Å². The fourth-order valence-electron chi connectivity index (χ4n) is 3.18. The van der Waals surface area contributed by atoms with Gasteiger partial charge >= 0.3 is 0 Å². The minimum Gasteiger partial charge on any atom is -0.507 e. The van der Waals surface area contributed by atoms with Crippen LogP contribution >= 0.6 is 23.2 Å². The van der Waals surface area contributed by atoms with Crippen molar-refractivity contribution in [3.05, 3.63) is 94.0 Å². The second-order valence-corrected chi connectivity index (χ2v) is 7.03. The number of benzene rings is 3. The minimum absolute atomic E-state index is 0.0167. The average Bonchev–Trinajstić information content (AvgIpc) is 3.10. The molecule has 0 saturated heterocycles. The van der Waals surface area contributed by atoms with Gasteiger partial charge in [0.1, 0.15) is 5.75 Å². The van der Waals surface area contributed by atoms with Crippen LogP contribution in [0.3, 0.4) is 0 Å². The maximum atomic E-state index is 10.3. The highest BCUT2D eigenvalue weighted by atomic mass is 35.5. The van der Waals surface area contributed by atoms with Crippen LogP contribution in [-0.2, 0) is 0 Å². The van der Waals surface area contributed by atoms with Gasteiger partial charge < -0.3 is 5.11 Å². The molecule has 4 rings (SSSR count). The first-order valence-electron chi connectivity index (χ1n) is 8.28. The van der Waals surface area contributed by atoms with E-state index in [1.165, 1.54) is 0 Å². The van der Waals surface area contributed by atoms with Crippen LogP contribution < -0.4 is 5.01 Å². The summed E-state index contributed by atoms with van der Waals surface area (Å²) in [5.41, 5.74) is 3.56. The molecule has 0 spiro atoms. The van der Waals surface area contributed by atoms with Gasteiger partial charge in [-0.2, -0.15) is 5.10 Å². The Morgan fingerprint density at radius 1 is 0.885 bits per heavy atom. The summed E-state index contributed by atoms with van der Waals surface area (Å²) in [7, 11) is 0. The van der Waals surface area contributed by atoms with E-state index in [4.69, 9.17) is 28.3 Å². The SMILES string of the molecule is Oc1ccc(Cl)cc1C1=NN(c2ccccc2)C(c2ccc(Cl)cc2)C1. The normalized spacial score (nSPS) is 16.6. The summed E-state index contributed by atoms with van der Waals surface area (Å²) in [5, 5.41) is 18.3. The van der Waals surface area contributed by atoms with Crippen molar-refractivity contribution in [2.24, 2.45) is 5.10 Å². The summed E-state index contributed by atoms with van der Waals surface area (Å²) in [6, 6.07) is 22.8. The Morgan fingerprint density at radius 3 is 2.31 bits per heavy atom. The Kier molecular flexibility index (Phi) is 4.58. The summed E-state index contributed by atoms with van der Waals surface area (Å²) in [4.78, 5) is 0. The molecule has 3 aromatic rings. The number of hydrogen-bond donors (Lipinski definition) is 1. The van der Waals surface area contributed by atoms with Gasteiger partial charge in [-0.3, -0.25) is 5.01 Å². The van der Waals surface area contributed by atoms with Gasteiger partial charge in [-0.1, -0.05) is 53.5 Å². The molecular weight excluding hydrogens is 367 g/mol. The lowest BCUT2D eigenvalue weighted by Gasteiger charge is -2.24. The van der Waals surface area contributed by atoms with E-state index < -0.39 is 0 Å². The van der Waals surface area contributed by atoms with E-state index in [2.05, 4.69) is 0 Å². The van der Waals surface area contributed by atoms with Gasteiger partial charge in [-0.25, -0.2) is 0 Å². The molecule has 1 heterocycles. The number of phenols is 1. The minimum atomic E-state index is 0.0167. The van der Waals surface area contributed by atoms with Crippen LogP contribution in [0.1, 0.15) is 23.6 Å². The smallest absolute Gasteiger partial charge is 0.124 e. The lowest BCUT2D eigenvalue weighted by molar-refractivity contribution is 0.474. The van der Waals surface area contributed by atoms with E-state index in [0.29, 0.717) is 22.0 Å². The summed E-state index contributed by atoms with van der Waals surface area (Å²) >= 11 is 12.2. The monoisotopic (exact) mass is 382 g/mol. The fourth-order valence-corrected chi connectivity index (χ4v) is 3.47. The molecule has 3 nitrogen and oxygen atoms in total. The number of phenolic OH excluding ortho intramolecular Hbond substituents is 1. The van der Waals surface area contributed by atoms with E-state index in [1.54, 1.807) is 18.2 Å². The number of hydrogen-bond acceptors (Lipinski definition) is 3. The molecule has 1 aliphatic heterocycles. The highest BCUT2D eigenvalue weighted by Crippen LogP contribution is 2.38. The maximum absolute atomic E-state index is 10.3. The second kappa shape index (κ2) is 7.02. The molecule has 0 aromatic heterocycles. The van der Waals surface area contributed by atoms with Gasteiger partial charge in [0, 0.05) is 22.0 Å². The highest BCUT2D eigenvalue weighted by molar-refractivity contribution is 6.31. The summed E-state index contributed by atoms with van der Waals surface area (Å²) in [5.74, 6) is 0.179. The van der Waals surface area contributed by atoms with E-state index >= 15 is 0 Å². The third-order valence-electron chi connectivity index (χ3n) is 4.46. The molecule has 1 N–H and O–H groups in total. The number of hydrazone groups is 1. The van der Waals surface area contributed by atoms with Crippen LogP contribution in [0.5, 0.6) is 5.75 Å². The standard InChI is InChI=1S/C21H16Cl2N2O/c22-15-8-6-14(7-9-15)20-13-19(18-12-16(23)10-11-21(18)26)24-25(20)17-4-2-1-3-5-17/h1-12,20,26H,13H2. The molecular formula is C21H16Cl2N2O. The molecule has 0 radical (unpaired) electrons. The first-order valence-corrected chi connectivity index (χ1v) is 9.03. The van der Waals surface area contributed by atoms with Crippen LogP contribution in [-0.4, -0.2) is 10.8 Å². The first-order chi connectivity index (χ1) is 12.6. The molecule has 0 saturated carbocycles. The Balaban J connectivity index is 1.78. The summed E-state index contributed by atoms with van der Waals surface area (Å²) < 4.78 is 0. The lowest BCUT2D eigenvalue weighted by Crippen LogP contribution is -2.18. The van der Waals surface area contributed by atoms with Crippen molar-refractivity contribution < 1.29 is 5.11 Å². The molecule has 5 heteroatoms. The molecule has 0 aliphatic carbocycles. The molecule has 26 heavy (non-hydrogen) atoms. The number of para-hydroxylation sites is 1. The topological polar surface area (TPSA) is 35.8 Å². The second-order valence-electron chi connectivity index (χ2n) is 6.16. The molecule has 0 amide bonds. The van der Waals surface area contributed by atoms with Crippen LogP contribution in [0.15, 0.2) is 77.9 Å². The Hall–Kier alpha value is -2.49. The van der Waals surface area contributed by atoms with Crippen LogP contribution in [0, 0.1) is 0 Å². The molecule has 130 valence electrons. The van der Waals surface area contributed by atoms with Crippen molar-refractivity contribution >= 4 is 34.6 Å². The number of aromatic hydroxyl groups is 1. The third-order valence-corrected chi connectivity index (χ3v) is 4.94. The molecule has 0 fully saturated rings. The molecule has 0 bridgehead atoms. The lowest BCUT2D eigenvalue weighted by atomic mass is 9.98. The molecule has 3 aromatic carbocycles. The van der Waals surface area contributed by atoms with Crippen molar-refractivity contribution in [2.45, 2.75) is 12.5 Å². The van der Waals surface area contributed by atoms with Crippen molar-refractivity contribution in [3.63, 3.8) is 0 Å². The van der Waals surface area contributed by atoms with E-state index in [1.807, 2.05) is 59.6 Å². The number of nitrogens with zero attached hydrogens (tertiary/aromatic N) is 2. The number of halogens is 2. The zero-order chi connectivity index (χ0) is 18.1. The zero-order valence-electron chi connectivity index (χ0n) is 13.8. The Bertz CT molecular complexity index is 956. The van der Waals surface area contributed by atoms with Gasteiger partial charge in [-0.15, -0.1) is 0 Å². The van der Waals surface area contributed by atoms with Crippen molar-refractivity contribution in [2.75, 3.05) is 5.01 Å². The molecule has 1 aliphatic rings. The summed E-state index contributed by atoms with van der Waals surface area (Å²) in [6.07, 6.45) is 0.657. The Labute approximate surface area is 162 Å². The van der Waals surface area contributed by atoms with Crippen molar-refractivity contribution in [3.8, 4) is 5.75 Å². The summed E-state index contributed by atoms with van der Waals surface area (Å²) in [6.45, 7) is 0. The van der Waals surface area contributed by atoms with Crippen molar-refractivity contribution in [1.82, 2.24) is 0 Å². The van der Waals surface area contributed by atoms with Crippen LogP contribution in [0.4, 0.5) is 5.69 Å². The predicted octanol–water partition coefficient (Wildman–Crippen LogP) is 6.05. The van der Waals surface area contributed by atoms with Crippen LogP contribution in [0.25, 0.3) is 0 Å². The third kappa shape index (κ3) is 3.28. The van der Waals surface area contributed by atoms with E-state index in [-0.39, 0.29) is 11.8 Å². The van der Waals surface area contributed by atoms with Gasteiger partial charge in [0.2, 0.25) is 0 Å². The number of rotatable bonds is 3. The largest absolute Gasteiger partial charge is 0.507 e. The average molecular weight is 383 g/mol. The first kappa shape index (κ1) is 17.0. The van der Waals surface area contributed by atoms with E-state index in [0.717, 1.165) is 17.0 Å². The van der Waals surface area contributed by atoms with Gasteiger partial charge in [0.15, 0.2) is 0 Å². The van der Waals surface area contributed by atoms with Crippen LogP contribution in [0.2, 0.25) is 10.0 Å². The Morgan fingerprint density at radius 2 is 1.58 bits per heavy atom. The quantitative estimate of drug-likeness (QED) is 0.597. The predicted molar refractivity (Wildman–Crippen MR) is 107 cm³/mol. The fraction of sp³-hybridized carbons (Fsp3) is 0.0952. The maximum Gasteiger partial charge on any atom is 0.124 e. The van der Waals surface area contributed by atoms with Gasteiger partial charge in [0.25, 0.3) is 0 Å². The highest BCUT2D eigenvalue weighted by Gasteiger charge is 2.30. The molecule has 1 unspecified atom stereocenters. The number of anilines is 1. The van der Waals surface area contributed by atoms with Gasteiger partial charge in [0.05, 0.1) is 17.4 Å². The molecule has 1 atom stereocenters. The zero-order valence-corrected chi connectivity index (χ0v) is 15.3. The van der Waals surface area contributed by atoms with Crippen molar-refractivity contribution in [1.29, 1.82) is 0 Å². The van der Waals surface area contributed by atoms with E-state index in [9.17, 15) is 5.11 Å².